The van der Waals surface area contributed by atoms with E-state index in [1.807, 2.05) is 0 Å². The van der Waals surface area contributed by atoms with Crippen LogP contribution in [0.4, 0.5) is 0 Å². The maximum absolute atomic E-state index is 16.1. The van der Waals surface area contributed by atoms with Crippen molar-refractivity contribution in [2.75, 3.05) is 0 Å². The summed E-state index contributed by atoms with van der Waals surface area (Å²) in [5, 5.41) is 14.0. The Labute approximate surface area is 479 Å². The van der Waals surface area contributed by atoms with Crippen LogP contribution < -0.4 is 0 Å². The van der Waals surface area contributed by atoms with Crippen molar-refractivity contribution in [1.29, 1.82) is 0 Å². The molecule has 1 N–H and O–H groups in total. The Morgan fingerprint density at radius 3 is 1.61 bits per heavy atom. The third-order valence-corrected chi connectivity index (χ3v) is 21.5. The van der Waals surface area contributed by atoms with E-state index in [0.29, 0.717) is 0 Å². The van der Waals surface area contributed by atoms with E-state index in [0.717, 1.165) is 13.8 Å². The number of ketones is 5. The summed E-state index contributed by atoms with van der Waals surface area (Å²) in [7, 11) is 0. The zero-order valence-electron chi connectivity index (χ0n) is 46.7. The first-order valence-corrected chi connectivity index (χ1v) is 28.2. The average molecular weight is 1150 g/mol. The van der Waals surface area contributed by atoms with Crippen molar-refractivity contribution in [3.63, 3.8) is 0 Å². The Bertz CT molecular complexity index is 3810. The quantitative estimate of drug-likeness (QED) is 0.120. The van der Waals surface area contributed by atoms with Crippen LogP contribution in [0.15, 0.2) is 84.9 Å². The van der Waals surface area contributed by atoms with Gasteiger partial charge in [-0.25, -0.2) is 14.4 Å². The van der Waals surface area contributed by atoms with Gasteiger partial charge in [0.05, 0.1) is 28.7 Å². The fourth-order valence-corrected chi connectivity index (χ4v) is 18.0. The molecule has 20 heteroatoms. The number of benzene rings is 4. The number of rotatable bonds is 7. The van der Waals surface area contributed by atoms with Gasteiger partial charge in [0, 0.05) is 106 Å². The Balaban J connectivity index is 0.921. The number of fused-ring (bicyclic) bond motifs is 13. The van der Waals surface area contributed by atoms with Crippen molar-refractivity contribution >= 4 is 64.7 Å². The number of ether oxygens (including phenoxy) is 8. The number of carbonyl (C=O) groups excluding carboxylic acids is 11. The van der Waals surface area contributed by atoms with E-state index in [-0.39, 0.29) is 62.1 Å². The molecule has 3 saturated heterocycles. The fourth-order valence-electron chi connectivity index (χ4n) is 18.0. The summed E-state index contributed by atoms with van der Waals surface area (Å²) >= 11 is 0. The first-order valence-electron chi connectivity index (χ1n) is 28.2. The lowest BCUT2D eigenvalue weighted by atomic mass is 9.41. The highest BCUT2D eigenvalue weighted by molar-refractivity contribution is 6.29. The molecular formula is C64H56O20. The molecule has 0 amide bonds. The minimum Gasteiger partial charge on any atom is -0.459 e. The lowest BCUT2D eigenvalue weighted by Crippen LogP contribution is -2.75. The molecule has 3 heterocycles. The van der Waals surface area contributed by atoms with E-state index in [1.54, 1.807) is 52.0 Å². The molecule has 0 aromatic heterocycles. The summed E-state index contributed by atoms with van der Waals surface area (Å²) in [6.45, 7) is 11.6. The molecule has 5 saturated carbocycles. The number of esters is 6. The Hall–Kier alpha value is -8.07. The van der Waals surface area contributed by atoms with Crippen LogP contribution in [0, 0.1) is 57.7 Å². The van der Waals surface area contributed by atoms with Gasteiger partial charge < -0.3 is 43.0 Å². The molecule has 20 nitrogen and oxygen atoms in total. The number of epoxide rings is 2. The van der Waals surface area contributed by atoms with Crippen LogP contribution in [-0.2, 0) is 61.9 Å². The first kappa shape index (κ1) is 53.9. The summed E-state index contributed by atoms with van der Waals surface area (Å²) in [5.41, 5.74) is -7.42. The van der Waals surface area contributed by atoms with Gasteiger partial charge in [0.2, 0.25) is 5.60 Å². The lowest BCUT2D eigenvalue weighted by Gasteiger charge is -2.65. The number of hydrogen-bond acceptors (Lipinski definition) is 20. The van der Waals surface area contributed by atoms with Gasteiger partial charge in [-0.2, -0.15) is 0 Å². The summed E-state index contributed by atoms with van der Waals surface area (Å²) in [5.74, 6) is -18.5. The van der Waals surface area contributed by atoms with Crippen LogP contribution in [0.3, 0.4) is 0 Å². The van der Waals surface area contributed by atoms with E-state index in [1.165, 1.54) is 74.5 Å². The number of carbonyl (C=O) groups is 11. The van der Waals surface area contributed by atoms with Crippen molar-refractivity contribution in [1.82, 2.24) is 0 Å². The zero-order chi connectivity index (χ0) is 59.5. The van der Waals surface area contributed by atoms with Crippen molar-refractivity contribution in [2.45, 2.75) is 122 Å². The highest BCUT2D eigenvalue weighted by Gasteiger charge is 2.94. The van der Waals surface area contributed by atoms with Gasteiger partial charge in [-0.05, 0) is 68.5 Å². The first-order chi connectivity index (χ1) is 39.8. The normalized spacial score (nSPS) is 39.9. The summed E-state index contributed by atoms with van der Waals surface area (Å²) in [4.78, 5) is 157. The molecule has 84 heavy (non-hydrogen) atoms. The molecule has 8 fully saturated rings. The average Bonchev–Trinajstić information content (AvgIpc) is 1.44. The maximum atomic E-state index is 16.1. The molecule has 4 aromatic rings. The van der Waals surface area contributed by atoms with E-state index in [4.69, 9.17) is 37.9 Å². The highest BCUT2D eigenvalue weighted by atomic mass is 16.8. The molecule has 7 aliphatic carbocycles. The van der Waals surface area contributed by atoms with Gasteiger partial charge in [-0.1, -0.05) is 69.3 Å². The van der Waals surface area contributed by atoms with Crippen molar-refractivity contribution in [3.8, 4) is 0 Å². The Morgan fingerprint density at radius 1 is 0.571 bits per heavy atom. The second kappa shape index (κ2) is 17.5. The molecular weight excluding hydrogens is 1090 g/mol. The van der Waals surface area contributed by atoms with E-state index in [9.17, 15) is 48.3 Å². The highest BCUT2D eigenvalue weighted by Crippen LogP contribution is 2.81. The predicted octanol–water partition coefficient (Wildman–Crippen LogP) is 5.33. The Kier molecular flexibility index (Phi) is 11.2. The molecule has 20 atom stereocenters. The SMILES string of the molecule is CC(=O)O[C@H]1[C@H]2[C@H]([C@@H]3[C@@H](O)[C@@H]4[C@H]([C@H](C)[C@H]5O[C@]56OC(=O)[C@@](C)(OC(=O)c5ccc7c(c5)C(=O)c5ccccc5C7=O)[C@]46C)[C@@]3(C)[C@H]1OC(C)=O)[C@@H](OC(=O)c1ccc3c(c1)C(=O)c1ccccc1C3=O)C(=O)[C@H]1C[C@@H]3O[C@@H]3[C@H](OC(C)=O)[C@]21C. The van der Waals surface area contributed by atoms with Crippen LogP contribution in [0.1, 0.15) is 146 Å². The molecule has 10 aliphatic rings. The van der Waals surface area contributed by atoms with Gasteiger partial charge in [-0.3, -0.25) is 38.4 Å². The van der Waals surface area contributed by atoms with Gasteiger partial charge in [-0.15, -0.1) is 0 Å². The largest absolute Gasteiger partial charge is 0.459 e. The van der Waals surface area contributed by atoms with Crippen molar-refractivity contribution < 1.29 is 95.7 Å². The van der Waals surface area contributed by atoms with Crippen molar-refractivity contribution in [2.24, 2.45) is 57.7 Å². The van der Waals surface area contributed by atoms with Crippen LogP contribution >= 0.6 is 0 Å². The van der Waals surface area contributed by atoms with E-state index < -0.39 is 183 Å². The van der Waals surface area contributed by atoms with Gasteiger partial charge >= 0.3 is 35.8 Å². The predicted molar refractivity (Wildman–Crippen MR) is 282 cm³/mol. The van der Waals surface area contributed by atoms with Crippen LogP contribution in [0.5, 0.6) is 0 Å². The summed E-state index contributed by atoms with van der Waals surface area (Å²) in [6.07, 6.45) is -10.2. The minimum absolute atomic E-state index is 0.0203. The summed E-state index contributed by atoms with van der Waals surface area (Å²) < 4.78 is 51.0. The van der Waals surface area contributed by atoms with Crippen molar-refractivity contribution in [3.05, 3.63) is 141 Å². The smallest absolute Gasteiger partial charge is 0.353 e. The topological polar surface area (TPSA) is 288 Å². The van der Waals surface area contributed by atoms with Gasteiger partial charge in [0.15, 0.2) is 35.0 Å². The van der Waals surface area contributed by atoms with Crippen LogP contribution in [-0.4, -0.2) is 130 Å². The second-order valence-electron chi connectivity index (χ2n) is 25.2. The minimum atomic E-state index is -2.36. The van der Waals surface area contributed by atoms with Gasteiger partial charge in [0.25, 0.3) is 5.79 Å². The molecule has 0 radical (unpaired) electrons. The zero-order valence-corrected chi connectivity index (χ0v) is 46.7. The standard InChI is InChI=1S/C64H56O20/c1-24-41-44(62(7)63(8,59(76)84-64(62)54(24)82-64)83-58(75)29-18-20-35-37(22-29)48(71)33-16-12-10-14-31(33)46(35)69)50(73)42-40-43(53(77-25(2)65)56(61(41,42)6)79-27(4)67)60(5)38(23-39-51(80-39)55(60)78-26(3)66)49(72)52(40)81-57(74)28-17-19-34-36(21-28)47(70)32-15-11-9-13-30(32)45(34)68/h9-22,24,38-44,50-56,73H,23H2,1-8H3/t24-,38+,39-,40-,41-,42+,43+,44-,50+,51-,52+,53-,54+,55-,56-,60-,61+,62-,63+,64-/m0/s1. The Morgan fingerprint density at radius 2 is 1.07 bits per heavy atom. The van der Waals surface area contributed by atoms with Crippen LogP contribution in [0.25, 0.3) is 0 Å². The van der Waals surface area contributed by atoms with Gasteiger partial charge in [0.1, 0.15) is 30.5 Å². The van der Waals surface area contributed by atoms with Crippen LogP contribution in [0.2, 0.25) is 0 Å². The maximum Gasteiger partial charge on any atom is 0.353 e. The number of aliphatic hydroxyl groups excluding tert-OH is 1. The molecule has 3 aliphatic heterocycles. The number of Topliss-reactive ketones (excluding diaryl/α,β-unsaturated/α-hetero) is 1. The monoisotopic (exact) mass is 1140 g/mol. The fraction of sp³-hybridized carbons (Fsp3) is 0.453. The summed E-state index contributed by atoms with van der Waals surface area (Å²) in [6, 6.07) is 20.2. The van der Waals surface area contributed by atoms with E-state index in [2.05, 4.69) is 0 Å². The molecule has 432 valence electrons. The molecule has 0 unspecified atom stereocenters. The number of aliphatic hydroxyl groups is 1. The molecule has 0 bridgehead atoms. The molecule has 4 aromatic carbocycles. The molecule has 14 rings (SSSR count). The third-order valence-electron chi connectivity index (χ3n) is 21.5. The van der Waals surface area contributed by atoms with E-state index >= 15 is 9.59 Å². The second-order valence-corrected chi connectivity index (χ2v) is 25.2. The number of hydrogen-bond donors (Lipinski definition) is 1. The third kappa shape index (κ3) is 6.66. The lowest BCUT2D eigenvalue weighted by molar-refractivity contribution is -0.272. The molecule has 1 spiro atoms.